The van der Waals surface area contributed by atoms with Crippen LogP contribution in [0.1, 0.15) is 17.0 Å². The van der Waals surface area contributed by atoms with Gasteiger partial charge in [-0.25, -0.2) is 4.98 Å². The zero-order valence-corrected chi connectivity index (χ0v) is 13.1. The zero-order chi connectivity index (χ0) is 15.5. The SMILES string of the molecule is COc1ccccc1CCNc1cc(C)nc2cc(C)nn12. The van der Waals surface area contributed by atoms with Crippen molar-refractivity contribution >= 4 is 11.5 Å². The third kappa shape index (κ3) is 2.88. The molecule has 0 atom stereocenters. The fourth-order valence-electron chi connectivity index (χ4n) is 2.58. The van der Waals surface area contributed by atoms with Crippen molar-refractivity contribution in [1.82, 2.24) is 14.6 Å². The van der Waals surface area contributed by atoms with E-state index in [4.69, 9.17) is 4.74 Å². The van der Waals surface area contributed by atoms with Crippen molar-refractivity contribution in [3.8, 4) is 5.75 Å². The number of nitrogens with one attached hydrogen (secondary N) is 1. The Balaban J connectivity index is 1.77. The van der Waals surface area contributed by atoms with Crippen LogP contribution < -0.4 is 10.1 Å². The summed E-state index contributed by atoms with van der Waals surface area (Å²) in [5, 5.41) is 7.93. The van der Waals surface area contributed by atoms with E-state index in [0.717, 1.165) is 41.6 Å². The Morgan fingerprint density at radius 1 is 1.14 bits per heavy atom. The topological polar surface area (TPSA) is 51.5 Å². The maximum absolute atomic E-state index is 5.39. The number of para-hydroxylation sites is 1. The lowest BCUT2D eigenvalue weighted by Crippen LogP contribution is -2.10. The maximum Gasteiger partial charge on any atom is 0.157 e. The number of aryl methyl sites for hydroxylation is 2. The number of benzene rings is 1. The molecule has 3 rings (SSSR count). The number of anilines is 1. The van der Waals surface area contributed by atoms with E-state index >= 15 is 0 Å². The van der Waals surface area contributed by atoms with Crippen LogP contribution in [0.25, 0.3) is 5.65 Å². The highest BCUT2D eigenvalue weighted by Gasteiger charge is 2.07. The van der Waals surface area contributed by atoms with Gasteiger partial charge in [-0.1, -0.05) is 18.2 Å². The molecule has 5 nitrogen and oxygen atoms in total. The lowest BCUT2D eigenvalue weighted by molar-refractivity contribution is 0.410. The first-order valence-electron chi connectivity index (χ1n) is 7.37. The van der Waals surface area contributed by atoms with Gasteiger partial charge < -0.3 is 10.1 Å². The van der Waals surface area contributed by atoms with Gasteiger partial charge in [0.2, 0.25) is 0 Å². The number of methoxy groups -OCH3 is 1. The smallest absolute Gasteiger partial charge is 0.157 e. The number of rotatable bonds is 5. The molecule has 3 aromatic rings. The van der Waals surface area contributed by atoms with Crippen LogP contribution in [0.4, 0.5) is 5.82 Å². The quantitative estimate of drug-likeness (QED) is 0.786. The van der Waals surface area contributed by atoms with Crippen LogP contribution in [0.5, 0.6) is 5.75 Å². The van der Waals surface area contributed by atoms with Crippen LogP contribution in [-0.4, -0.2) is 28.3 Å². The average Bonchev–Trinajstić information content (AvgIpc) is 2.88. The molecule has 2 heterocycles. The van der Waals surface area contributed by atoms with E-state index in [1.54, 1.807) is 7.11 Å². The van der Waals surface area contributed by atoms with Gasteiger partial charge in [0.15, 0.2) is 5.65 Å². The van der Waals surface area contributed by atoms with Crippen molar-refractivity contribution in [1.29, 1.82) is 0 Å². The normalized spacial score (nSPS) is 10.9. The predicted molar refractivity (Wildman–Crippen MR) is 87.6 cm³/mol. The van der Waals surface area contributed by atoms with Crippen molar-refractivity contribution in [2.24, 2.45) is 0 Å². The number of aromatic nitrogens is 3. The van der Waals surface area contributed by atoms with E-state index < -0.39 is 0 Å². The second-order valence-electron chi connectivity index (χ2n) is 5.33. The van der Waals surface area contributed by atoms with E-state index in [2.05, 4.69) is 21.5 Å². The summed E-state index contributed by atoms with van der Waals surface area (Å²) in [6.07, 6.45) is 0.882. The van der Waals surface area contributed by atoms with E-state index in [9.17, 15) is 0 Å². The molecule has 22 heavy (non-hydrogen) atoms. The molecule has 0 spiro atoms. The lowest BCUT2D eigenvalue weighted by atomic mass is 10.1. The molecular weight excluding hydrogens is 276 g/mol. The Hall–Kier alpha value is -2.56. The van der Waals surface area contributed by atoms with Gasteiger partial charge in [0.1, 0.15) is 11.6 Å². The molecule has 0 amide bonds. The second kappa shape index (κ2) is 6.05. The Bertz CT molecular complexity index is 794. The molecule has 0 unspecified atom stereocenters. The van der Waals surface area contributed by atoms with Crippen molar-refractivity contribution in [3.63, 3.8) is 0 Å². The Labute approximate surface area is 130 Å². The van der Waals surface area contributed by atoms with Crippen LogP contribution in [0.15, 0.2) is 36.4 Å². The van der Waals surface area contributed by atoms with Gasteiger partial charge in [-0.3, -0.25) is 0 Å². The number of nitrogens with zero attached hydrogens (tertiary/aromatic N) is 3. The molecule has 0 radical (unpaired) electrons. The molecule has 0 bridgehead atoms. The summed E-state index contributed by atoms with van der Waals surface area (Å²) in [5.41, 5.74) is 4.01. The molecule has 0 aliphatic rings. The molecule has 1 aromatic carbocycles. The van der Waals surface area contributed by atoms with Crippen molar-refractivity contribution in [3.05, 3.63) is 53.3 Å². The summed E-state index contributed by atoms with van der Waals surface area (Å²) in [4.78, 5) is 4.49. The Kier molecular flexibility index (Phi) is 3.96. The van der Waals surface area contributed by atoms with Crippen LogP contribution >= 0.6 is 0 Å². The number of hydrogen-bond acceptors (Lipinski definition) is 4. The van der Waals surface area contributed by atoms with Crippen LogP contribution in [0.2, 0.25) is 0 Å². The fraction of sp³-hybridized carbons (Fsp3) is 0.294. The summed E-state index contributed by atoms with van der Waals surface area (Å²) in [5.74, 6) is 1.89. The predicted octanol–water partition coefficient (Wildman–Crippen LogP) is 3.01. The minimum atomic E-state index is 0.803. The first-order valence-corrected chi connectivity index (χ1v) is 7.37. The number of ether oxygens (including phenoxy) is 1. The largest absolute Gasteiger partial charge is 0.496 e. The van der Waals surface area contributed by atoms with Crippen molar-refractivity contribution in [2.75, 3.05) is 19.0 Å². The van der Waals surface area contributed by atoms with Gasteiger partial charge in [0.05, 0.1) is 12.8 Å². The molecule has 0 saturated heterocycles. The van der Waals surface area contributed by atoms with Crippen molar-refractivity contribution in [2.45, 2.75) is 20.3 Å². The summed E-state index contributed by atoms with van der Waals surface area (Å²) in [6.45, 7) is 4.77. The summed E-state index contributed by atoms with van der Waals surface area (Å²) >= 11 is 0. The van der Waals surface area contributed by atoms with Crippen LogP contribution in [-0.2, 0) is 6.42 Å². The highest BCUT2D eigenvalue weighted by atomic mass is 16.5. The zero-order valence-electron chi connectivity index (χ0n) is 13.1. The molecular formula is C17H20N4O. The van der Waals surface area contributed by atoms with Gasteiger partial charge in [-0.2, -0.15) is 9.61 Å². The maximum atomic E-state index is 5.39. The molecule has 0 aliphatic heterocycles. The number of fused-ring (bicyclic) bond motifs is 1. The third-order valence-corrected chi connectivity index (χ3v) is 3.57. The molecule has 114 valence electrons. The monoisotopic (exact) mass is 296 g/mol. The molecule has 0 fully saturated rings. The van der Waals surface area contributed by atoms with Gasteiger partial charge in [0.25, 0.3) is 0 Å². The highest BCUT2D eigenvalue weighted by Crippen LogP contribution is 2.18. The highest BCUT2D eigenvalue weighted by molar-refractivity contribution is 5.50. The first-order chi connectivity index (χ1) is 10.7. The van der Waals surface area contributed by atoms with Crippen LogP contribution in [0, 0.1) is 13.8 Å². The molecule has 2 aromatic heterocycles. The van der Waals surface area contributed by atoms with Crippen molar-refractivity contribution < 1.29 is 4.74 Å². The fourth-order valence-corrected chi connectivity index (χ4v) is 2.58. The second-order valence-corrected chi connectivity index (χ2v) is 5.33. The van der Waals surface area contributed by atoms with Crippen LogP contribution in [0.3, 0.4) is 0 Å². The molecule has 5 heteroatoms. The standard InChI is InChI=1S/C17H20N4O/c1-12-10-16(21-17(19-12)11-13(2)20-21)18-9-8-14-6-4-5-7-15(14)22-3/h4-7,10-11,18H,8-9H2,1-3H3. The number of hydrogen-bond donors (Lipinski definition) is 1. The first kappa shape index (κ1) is 14.4. The minimum Gasteiger partial charge on any atom is -0.496 e. The minimum absolute atomic E-state index is 0.803. The molecule has 1 N–H and O–H groups in total. The summed E-state index contributed by atoms with van der Waals surface area (Å²) < 4.78 is 7.24. The van der Waals surface area contributed by atoms with E-state index in [1.165, 1.54) is 5.56 Å². The third-order valence-electron chi connectivity index (χ3n) is 3.57. The lowest BCUT2D eigenvalue weighted by Gasteiger charge is -2.11. The van der Waals surface area contributed by atoms with E-state index in [0.29, 0.717) is 0 Å². The average molecular weight is 296 g/mol. The summed E-state index contributed by atoms with van der Waals surface area (Å²) in [7, 11) is 1.70. The van der Waals surface area contributed by atoms with Gasteiger partial charge in [0, 0.05) is 24.4 Å². The molecule has 0 saturated carbocycles. The van der Waals surface area contributed by atoms with E-state index in [1.807, 2.05) is 48.7 Å². The Morgan fingerprint density at radius 3 is 2.77 bits per heavy atom. The van der Waals surface area contributed by atoms with Gasteiger partial charge >= 0.3 is 0 Å². The van der Waals surface area contributed by atoms with E-state index in [-0.39, 0.29) is 0 Å². The van der Waals surface area contributed by atoms with Gasteiger partial charge in [-0.15, -0.1) is 0 Å². The summed E-state index contributed by atoms with van der Waals surface area (Å²) in [6, 6.07) is 12.1. The van der Waals surface area contributed by atoms with Gasteiger partial charge in [-0.05, 0) is 31.9 Å². The Morgan fingerprint density at radius 2 is 1.95 bits per heavy atom. The molecule has 0 aliphatic carbocycles.